The van der Waals surface area contributed by atoms with E-state index in [1.54, 1.807) is 0 Å². The van der Waals surface area contributed by atoms with Crippen molar-refractivity contribution in [2.45, 2.75) is 52.2 Å². The van der Waals surface area contributed by atoms with Crippen LogP contribution in [-0.4, -0.2) is 49.3 Å². The van der Waals surface area contributed by atoms with Gasteiger partial charge in [-0.1, -0.05) is 6.42 Å². The summed E-state index contributed by atoms with van der Waals surface area (Å²) in [5.74, 6) is 1.42. The molecule has 1 saturated heterocycles. The molecule has 1 heterocycles. The Morgan fingerprint density at radius 3 is 2.40 bits per heavy atom. The number of carbonyl (C=O) groups excluding carboxylic acids is 1. The molecule has 0 aromatic carbocycles. The number of carbonyl (C=O) groups is 1. The molecule has 1 saturated carbocycles. The lowest BCUT2D eigenvalue weighted by molar-refractivity contribution is 0.127. The van der Waals surface area contributed by atoms with Crippen molar-refractivity contribution in [1.29, 1.82) is 0 Å². The highest BCUT2D eigenvalue weighted by Crippen LogP contribution is 2.27. The zero-order valence-electron chi connectivity index (χ0n) is 13.1. The van der Waals surface area contributed by atoms with E-state index in [0.29, 0.717) is 5.92 Å². The van der Waals surface area contributed by atoms with Crippen molar-refractivity contribution < 1.29 is 4.79 Å². The van der Waals surface area contributed by atoms with Crippen molar-refractivity contribution >= 4 is 6.03 Å². The van der Waals surface area contributed by atoms with Crippen LogP contribution in [0.25, 0.3) is 0 Å². The van der Waals surface area contributed by atoms with E-state index in [-0.39, 0.29) is 18.2 Å². The van der Waals surface area contributed by atoms with Gasteiger partial charge >= 0.3 is 6.03 Å². The smallest absolute Gasteiger partial charge is 0.318 e. The van der Waals surface area contributed by atoms with Crippen LogP contribution in [0.2, 0.25) is 0 Å². The first-order chi connectivity index (χ1) is 9.56. The van der Waals surface area contributed by atoms with Gasteiger partial charge in [0.2, 0.25) is 0 Å². The Kier molecular flexibility index (Phi) is 5.66. The van der Waals surface area contributed by atoms with E-state index in [4.69, 9.17) is 0 Å². The van der Waals surface area contributed by atoms with E-state index in [9.17, 15) is 4.79 Å². The molecule has 0 radical (unpaired) electrons. The molecule has 0 bridgehead atoms. The Balaban J connectivity index is 1.83. The summed E-state index contributed by atoms with van der Waals surface area (Å²) >= 11 is 0. The maximum absolute atomic E-state index is 12.4. The Morgan fingerprint density at radius 1 is 1.25 bits per heavy atom. The van der Waals surface area contributed by atoms with Crippen molar-refractivity contribution in [2.75, 3.05) is 26.2 Å². The second-order valence-corrected chi connectivity index (χ2v) is 6.66. The molecule has 0 aromatic heterocycles. The Morgan fingerprint density at radius 2 is 1.95 bits per heavy atom. The van der Waals surface area contributed by atoms with Gasteiger partial charge in [-0.05, 0) is 45.4 Å². The first-order valence-electron chi connectivity index (χ1n) is 8.07. The molecule has 2 amide bonds. The maximum atomic E-state index is 12.4. The third-order valence-corrected chi connectivity index (χ3v) is 4.39. The molecular weight excluding hydrogens is 252 g/mol. The normalized spacial score (nSPS) is 21.2. The van der Waals surface area contributed by atoms with Crippen LogP contribution in [-0.2, 0) is 0 Å². The van der Waals surface area contributed by atoms with Gasteiger partial charge in [-0.2, -0.15) is 0 Å². The minimum Gasteiger partial charge on any atom is -0.336 e. The van der Waals surface area contributed by atoms with Gasteiger partial charge in [-0.15, -0.1) is 0 Å². The zero-order valence-corrected chi connectivity index (χ0v) is 13.1. The first kappa shape index (κ1) is 15.6. The number of nitrogens with zero attached hydrogens (tertiary/aromatic N) is 1. The predicted molar refractivity (Wildman–Crippen MR) is 81.5 cm³/mol. The third-order valence-electron chi connectivity index (χ3n) is 4.39. The van der Waals surface area contributed by atoms with E-state index in [2.05, 4.69) is 22.9 Å². The van der Waals surface area contributed by atoms with E-state index in [0.717, 1.165) is 32.1 Å². The molecule has 3 N–H and O–H groups in total. The minimum absolute atomic E-state index is 0.0682. The lowest BCUT2D eigenvalue weighted by atomic mass is 9.85. The van der Waals surface area contributed by atoms with Gasteiger partial charge in [-0.25, -0.2) is 4.79 Å². The molecule has 1 aliphatic heterocycles. The van der Waals surface area contributed by atoms with Crippen LogP contribution < -0.4 is 16.0 Å². The van der Waals surface area contributed by atoms with Gasteiger partial charge in [0.05, 0.1) is 6.17 Å². The lowest BCUT2D eigenvalue weighted by Gasteiger charge is -2.38. The van der Waals surface area contributed by atoms with Crippen molar-refractivity contribution in [3.63, 3.8) is 0 Å². The summed E-state index contributed by atoms with van der Waals surface area (Å²) in [5, 5.41) is 9.83. The van der Waals surface area contributed by atoms with Crippen LogP contribution in [0.4, 0.5) is 4.79 Å². The number of hydrogen-bond donors (Lipinski definition) is 3. The SMILES string of the molecule is CC(C)NC(=O)N(CC1CCC1)C(C)NCC1CNC1. The topological polar surface area (TPSA) is 56.4 Å². The number of rotatable bonds is 7. The summed E-state index contributed by atoms with van der Waals surface area (Å²) < 4.78 is 0. The quantitative estimate of drug-likeness (QED) is 0.618. The average molecular weight is 282 g/mol. The minimum atomic E-state index is 0.0682. The number of urea groups is 1. The molecule has 2 aliphatic rings. The first-order valence-corrected chi connectivity index (χ1v) is 8.07. The molecule has 2 rings (SSSR count). The fourth-order valence-electron chi connectivity index (χ4n) is 2.64. The highest BCUT2D eigenvalue weighted by Gasteiger charge is 2.28. The van der Waals surface area contributed by atoms with Crippen molar-refractivity contribution in [1.82, 2.24) is 20.9 Å². The highest BCUT2D eigenvalue weighted by atomic mass is 16.2. The molecule has 5 nitrogen and oxygen atoms in total. The second kappa shape index (κ2) is 7.27. The van der Waals surface area contributed by atoms with Crippen LogP contribution in [0, 0.1) is 11.8 Å². The molecule has 0 spiro atoms. The summed E-state index contributed by atoms with van der Waals surface area (Å²) in [4.78, 5) is 14.3. The molecule has 1 aliphatic carbocycles. The average Bonchev–Trinajstić information content (AvgIpc) is 2.23. The standard InChI is InChI=1S/C15H30N4O/c1-11(2)18-15(20)19(10-13-5-4-6-13)12(3)17-9-14-7-16-8-14/h11-14,16-17H,4-10H2,1-3H3,(H,18,20). The third kappa shape index (κ3) is 4.35. The van der Waals surface area contributed by atoms with Crippen molar-refractivity contribution in [2.24, 2.45) is 11.8 Å². The molecule has 5 heteroatoms. The van der Waals surface area contributed by atoms with E-state index in [1.807, 2.05) is 18.7 Å². The number of amides is 2. The zero-order chi connectivity index (χ0) is 14.5. The molecule has 20 heavy (non-hydrogen) atoms. The maximum Gasteiger partial charge on any atom is 0.318 e. The van der Waals surface area contributed by atoms with Crippen molar-refractivity contribution in [3.8, 4) is 0 Å². The Labute approximate surface area is 122 Å². The Hall–Kier alpha value is -0.810. The summed E-state index contributed by atoms with van der Waals surface area (Å²) in [5.41, 5.74) is 0. The van der Waals surface area contributed by atoms with E-state index < -0.39 is 0 Å². The molecule has 1 unspecified atom stereocenters. The molecule has 1 atom stereocenters. The predicted octanol–water partition coefficient (Wildman–Crippen LogP) is 1.36. The highest BCUT2D eigenvalue weighted by molar-refractivity contribution is 5.74. The lowest BCUT2D eigenvalue weighted by Crippen LogP contribution is -2.56. The number of hydrogen-bond acceptors (Lipinski definition) is 3. The van der Waals surface area contributed by atoms with Gasteiger partial charge in [0.15, 0.2) is 0 Å². The monoisotopic (exact) mass is 282 g/mol. The number of nitrogens with one attached hydrogen (secondary N) is 3. The van der Waals surface area contributed by atoms with Gasteiger partial charge in [0.1, 0.15) is 0 Å². The summed E-state index contributed by atoms with van der Waals surface area (Å²) in [6.07, 6.45) is 3.96. The van der Waals surface area contributed by atoms with Gasteiger partial charge in [-0.3, -0.25) is 5.32 Å². The Bertz CT molecular complexity index is 313. The second-order valence-electron chi connectivity index (χ2n) is 6.66. The van der Waals surface area contributed by atoms with Crippen LogP contribution in [0.3, 0.4) is 0 Å². The van der Waals surface area contributed by atoms with Gasteiger partial charge < -0.3 is 15.5 Å². The molecule has 116 valence electrons. The molecular formula is C15H30N4O. The fourth-order valence-corrected chi connectivity index (χ4v) is 2.64. The molecule has 2 fully saturated rings. The van der Waals surface area contributed by atoms with E-state index in [1.165, 1.54) is 19.3 Å². The summed E-state index contributed by atoms with van der Waals surface area (Å²) in [6, 6.07) is 0.257. The van der Waals surface area contributed by atoms with Gasteiger partial charge in [0.25, 0.3) is 0 Å². The van der Waals surface area contributed by atoms with Crippen LogP contribution in [0.5, 0.6) is 0 Å². The van der Waals surface area contributed by atoms with Crippen LogP contribution in [0.1, 0.15) is 40.0 Å². The molecule has 0 aromatic rings. The fraction of sp³-hybridized carbons (Fsp3) is 0.933. The summed E-state index contributed by atoms with van der Waals surface area (Å²) in [7, 11) is 0. The van der Waals surface area contributed by atoms with Crippen LogP contribution in [0.15, 0.2) is 0 Å². The summed E-state index contributed by atoms with van der Waals surface area (Å²) in [6.45, 7) is 10.2. The van der Waals surface area contributed by atoms with Crippen molar-refractivity contribution in [3.05, 3.63) is 0 Å². The van der Waals surface area contributed by atoms with E-state index >= 15 is 0 Å². The van der Waals surface area contributed by atoms with Crippen LogP contribution >= 0.6 is 0 Å². The largest absolute Gasteiger partial charge is 0.336 e. The van der Waals surface area contributed by atoms with Gasteiger partial charge in [0, 0.05) is 32.2 Å².